The van der Waals surface area contributed by atoms with Gasteiger partial charge in [0, 0.05) is 6.04 Å². The number of rotatable bonds is 7. The molecule has 41 heavy (non-hydrogen) atoms. The van der Waals surface area contributed by atoms with Crippen LogP contribution in [0.3, 0.4) is 0 Å². The van der Waals surface area contributed by atoms with E-state index in [0.29, 0.717) is 24.7 Å². The third kappa shape index (κ3) is 5.26. The fourth-order valence-corrected chi connectivity index (χ4v) is 7.63. The molecule has 3 fully saturated rings. The van der Waals surface area contributed by atoms with Crippen LogP contribution in [0.1, 0.15) is 91.7 Å². The average molecular weight is 614 g/mol. The van der Waals surface area contributed by atoms with E-state index in [1.54, 1.807) is 13.0 Å². The normalized spacial score (nSPS) is 28.7. The number of carbonyl (C=O) groups excluding carboxylic acids is 2. The summed E-state index contributed by atoms with van der Waals surface area (Å²) in [5, 5.41) is 13.7. The molecule has 1 heterocycles. The number of carboxylic acids is 1. The summed E-state index contributed by atoms with van der Waals surface area (Å²) in [7, 11) is 0. The van der Waals surface area contributed by atoms with Crippen molar-refractivity contribution < 1.29 is 32.7 Å². The molecule has 1 N–H and O–H groups in total. The molecule has 0 aliphatic heterocycles. The Morgan fingerprint density at radius 1 is 1.07 bits per heavy atom. The van der Waals surface area contributed by atoms with Crippen molar-refractivity contribution >= 4 is 40.9 Å². The molecule has 0 bridgehead atoms. The zero-order valence-electron chi connectivity index (χ0n) is 23.0. The molecule has 3 atom stereocenters. The maximum Gasteiger partial charge on any atom is 0.433 e. The first kappa shape index (κ1) is 29.9. The first-order valence-corrected chi connectivity index (χ1v) is 14.5. The molecule has 0 radical (unpaired) electrons. The summed E-state index contributed by atoms with van der Waals surface area (Å²) in [6, 6.07) is 3.42. The maximum absolute atomic E-state index is 14.6. The minimum absolute atomic E-state index is 0.0209. The quantitative estimate of drug-likeness (QED) is 0.334. The smallest absolute Gasteiger partial charge is 0.433 e. The Balaban J connectivity index is 1.48. The van der Waals surface area contributed by atoms with Crippen LogP contribution in [0.15, 0.2) is 24.4 Å². The van der Waals surface area contributed by atoms with Gasteiger partial charge in [-0.1, -0.05) is 43.1 Å². The number of aliphatic carboxylic acids is 1. The van der Waals surface area contributed by atoms with Crippen LogP contribution in [-0.2, 0) is 11.0 Å². The van der Waals surface area contributed by atoms with E-state index in [0.717, 1.165) is 10.9 Å². The number of Topliss-reactive ketones (excluding diaryl/α,β-unsaturated/α-hetero) is 1. The Kier molecular flexibility index (Phi) is 7.50. The Morgan fingerprint density at radius 3 is 2.15 bits per heavy atom. The lowest BCUT2D eigenvalue weighted by Crippen LogP contribution is -2.44. The first-order chi connectivity index (χ1) is 19.1. The van der Waals surface area contributed by atoms with Crippen molar-refractivity contribution in [1.29, 1.82) is 0 Å². The number of benzene rings is 1. The number of aromatic nitrogens is 2. The van der Waals surface area contributed by atoms with Gasteiger partial charge >= 0.3 is 12.1 Å². The first-order valence-electron chi connectivity index (χ1n) is 13.7. The average Bonchev–Trinajstić information content (AvgIpc) is 3.30. The number of ketones is 1. The Bertz CT molecular complexity index is 1360. The van der Waals surface area contributed by atoms with E-state index in [2.05, 4.69) is 18.9 Å². The van der Waals surface area contributed by atoms with E-state index in [9.17, 15) is 32.7 Å². The highest BCUT2D eigenvalue weighted by atomic mass is 35.5. The van der Waals surface area contributed by atoms with Crippen LogP contribution in [0.25, 0.3) is 0 Å². The van der Waals surface area contributed by atoms with Gasteiger partial charge in [0.25, 0.3) is 5.91 Å². The summed E-state index contributed by atoms with van der Waals surface area (Å²) in [5.74, 6) is -1.83. The van der Waals surface area contributed by atoms with Gasteiger partial charge in [-0.25, -0.2) is 0 Å². The second-order valence-corrected chi connectivity index (χ2v) is 13.4. The van der Waals surface area contributed by atoms with Gasteiger partial charge in [0.1, 0.15) is 0 Å². The van der Waals surface area contributed by atoms with Gasteiger partial charge in [0.2, 0.25) is 0 Å². The van der Waals surface area contributed by atoms with Crippen LogP contribution in [0, 0.1) is 22.7 Å². The van der Waals surface area contributed by atoms with Gasteiger partial charge in [-0.3, -0.25) is 19.1 Å². The molecule has 12 heteroatoms. The van der Waals surface area contributed by atoms with E-state index in [4.69, 9.17) is 23.2 Å². The van der Waals surface area contributed by atoms with Crippen LogP contribution >= 0.6 is 23.2 Å². The van der Waals surface area contributed by atoms with Crippen molar-refractivity contribution in [3.05, 3.63) is 51.3 Å². The van der Waals surface area contributed by atoms with E-state index in [1.807, 2.05) is 0 Å². The zero-order valence-corrected chi connectivity index (χ0v) is 24.5. The molecule has 0 spiro atoms. The van der Waals surface area contributed by atoms with Gasteiger partial charge in [0.05, 0.1) is 45.4 Å². The van der Waals surface area contributed by atoms with Gasteiger partial charge in [-0.15, -0.1) is 0 Å². The summed E-state index contributed by atoms with van der Waals surface area (Å²) in [6.45, 7) is 5.37. The van der Waals surface area contributed by atoms with Crippen molar-refractivity contribution in [2.24, 2.45) is 22.7 Å². The molecule has 1 aromatic carbocycles. The second kappa shape index (κ2) is 10.3. The summed E-state index contributed by atoms with van der Waals surface area (Å²) >= 11 is 12.5. The van der Waals surface area contributed by atoms with E-state index >= 15 is 0 Å². The number of carboxylic acid groups (broad SMARTS) is 1. The van der Waals surface area contributed by atoms with Gasteiger partial charge in [-0.2, -0.15) is 18.3 Å². The lowest BCUT2D eigenvalue weighted by atomic mass is 9.74. The molecule has 3 aliphatic carbocycles. The lowest BCUT2D eigenvalue weighted by molar-refractivity contribution is -0.152. The number of nitrogens with zero attached hydrogens (tertiary/aromatic N) is 3. The fraction of sp³-hybridized carbons (Fsp3) is 0.586. The molecule has 1 aromatic heterocycles. The van der Waals surface area contributed by atoms with Crippen molar-refractivity contribution in [2.45, 2.75) is 77.6 Å². The molecule has 7 nitrogen and oxygen atoms in total. The largest absolute Gasteiger partial charge is 0.481 e. The molecule has 222 valence electrons. The minimum Gasteiger partial charge on any atom is -0.481 e. The summed E-state index contributed by atoms with van der Waals surface area (Å²) in [4.78, 5) is 40.3. The summed E-state index contributed by atoms with van der Waals surface area (Å²) in [5.41, 5.74) is -2.71. The van der Waals surface area contributed by atoms with Crippen LogP contribution < -0.4 is 0 Å². The van der Waals surface area contributed by atoms with Crippen molar-refractivity contribution in [1.82, 2.24) is 14.7 Å². The minimum atomic E-state index is -4.91. The van der Waals surface area contributed by atoms with Gasteiger partial charge in [-0.05, 0) is 74.8 Å². The van der Waals surface area contributed by atoms with E-state index in [1.165, 1.54) is 17.0 Å². The highest BCUT2D eigenvalue weighted by molar-refractivity contribution is 6.40. The number of hydrogen-bond acceptors (Lipinski definition) is 4. The third-order valence-corrected chi connectivity index (χ3v) is 10.4. The molecule has 3 aliphatic rings. The number of halogens is 5. The number of carbonyl (C=O) groups is 3. The SMILES string of the molecule is CC1(C(=O)O)CCC(n2ncc(C(=O)N(CC(=O)c3c(Cl)cccc3Cl)[C@H]3C[C@@H]4[C@H](C3)C4(C)C)c2C(F)(F)F)CC1. The molecular formula is C29H32Cl2F3N3O4. The Labute approximate surface area is 246 Å². The standard InChI is InChI=1S/C29H32Cl2F3N3O4/c1-27(2)18-11-16(12-19(18)27)36(14-22(38)23-20(30)5-4-6-21(23)31)25(39)17-13-35-37(24(17)29(32,33)34)15-7-9-28(3,10-8-15)26(40)41/h4-6,13,15-16,18-19H,7-12,14H2,1-3H3,(H,40,41)/t15?,16-,18+,19-,28?. The number of alkyl halides is 3. The number of hydrogen-bond donors (Lipinski definition) is 1. The molecule has 3 saturated carbocycles. The second-order valence-electron chi connectivity index (χ2n) is 12.6. The van der Waals surface area contributed by atoms with Crippen LogP contribution in [0.5, 0.6) is 0 Å². The topological polar surface area (TPSA) is 92.5 Å². The number of fused-ring (bicyclic) bond motifs is 1. The monoisotopic (exact) mass is 613 g/mol. The molecule has 0 saturated heterocycles. The molecule has 5 rings (SSSR count). The predicted molar refractivity (Wildman–Crippen MR) is 146 cm³/mol. The summed E-state index contributed by atoms with van der Waals surface area (Å²) in [6.07, 6.45) is -2.09. The van der Waals surface area contributed by atoms with E-state index in [-0.39, 0.29) is 46.7 Å². The van der Waals surface area contributed by atoms with Crippen LogP contribution in [0.2, 0.25) is 10.0 Å². The summed E-state index contributed by atoms with van der Waals surface area (Å²) < 4.78 is 44.5. The van der Waals surface area contributed by atoms with Crippen molar-refractivity contribution in [2.75, 3.05) is 6.54 Å². The molecule has 1 amide bonds. The highest BCUT2D eigenvalue weighted by Gasteiger charge is 2.63. The molecule has 2 aromatic rings. The van der Waals surface area contributed by atoms with Crippen molar-refractivity contribution in [3.8, 4) is 0 Å². The number of amides is 1. The Hall–Kier alpha value is -2.59. The van der Waals surface area contributed by atoms with Crippen LogP contribution in [0.4, 0.5) is 13.2 Å². The van der Waals surface area contributed by atoms with Gasteiger partial charge in [0.15, 0.2) is 11.5 Å². The maximum atomic E-state index is 14.6. The van der Waals surface area contributed by atoms with Crippen LogP contribution in [-0.4, -0.2) is 50.0 Å². The fourth-order valence-electron chi connectivity index (χ4n) is 7.03. The molecular weight excluding hydrogens is 582 g/mol. The molecule has 0 unspecified atom stereocenters. The predicted octanol–water partition coefficient (Wildman–Crippen LogP) is 7.17. The van der Waals surface area contributed by atoms with E-state index < -0.39 is 59.1 Å². The van der Waals surface area contributed by atoms with Crippen molar-refractivity contribution in [3.63, 3.8) is 0 Å². The lowest BCUT2D eigenvalue weighted by Gasteiger charge is -2.35. The van der Waals surface area contributed by atoms with Gasteiger partial charge < -0.3 is 10.0 Å². The zero-order chi connectivity index (χ0) is 30.1. The highest BCUT2D eigenvalue weighted by Crippen LogP contribution is 2.67. The third-order valence-electron chi connectivity index (χ3n) is 9.81. The Morgan fingerprint density at radius 2 is 1.63 bits per heavy atom.